The van der Waals surface area contributed by atoms with E-state index in [1.165, 1.54) is 4.68 Å². The van der Waals surface area contributed by atoms with Crippen LogP contribution >= 0.6 is 0 Å². The van der Waals surface area contributed by atoms with Crippen molar-refractivity contribution in [1.29, 1.82) is 0 Å². The Balaban J connectivity index is 2.01. The molecule has 0 fully saturated rings. The zero-order valence-corrected chi connectivity index (χ0v) is 13.4. The van der Waals surface area contributed by atoms with Crippen LogP contribution in [-0.4, -0.2) is 38.0 Å². The minimum Gasteiger partial charge on any atom is -0.394 e. The number of nitrogens with one attached hydrogen (secondary N) is 1. The number of aliphatic hydroxyl groups is 1. The number of hydrogen-bond acceptors (Lipinski definition) is 4. The molecule has 1 unspecified atom stereocenters. The summed E-state index contributed by atoms with van der Waals surface area (Å²) in [4.78, 5) is 24.3. The van der Waals surface area contributed by atoms with Crippen molar-refractivity contribution in [3.8, 4) is 0 Å². The van der Waals surface area contributed by atoms with Gasteiger partial charge in [0.05, 0.1) is 12.6 Å². The lowest BCUT2D eigenvalue weighted by atomic mass is 10.0. The smallest absolute Gasteiger partial charge is 0.346 e. The van der Waals surface area contributed by atoms with Gasteiger partial charge in [-0.25, -0.2) is 9.48 Å². The molecule has 1 aromatic rings. The Hall–Kier alpha value is -1.63. The molecule has 1 atom stereocenters. The van der Waals surface area contributed by atoms with E-state index >= 15 is 0 Å². The van der Waals surface area contributed by atoms with Crippen LogP contribution in [0.4, 0.5) is 0 Å². The Morgan fingerprint density at radius 1 is 1.36 bits per heavy atom. The summed E-state index contributed by atoms with van der Waals surface area (Å²) < 4.78 is 2.91. The Labute approximate surface area is 130 Å². The highest BCUT2D eigenvalue weighted by atomic mass is 16.3. The molecule has 0 saturated carbocycles. The summed E-state index contributed by atoms with van der Waals surface area (Å²) in [6.07, 6.45) is 4.61. The zero-order chi connectivity index (χ0) is 16.1. The van der Waals surface area contributed by atoms with Gasteiger partial charge in [0.2, 0.25) is 5.91 Å². The van der Waals surface area contributed by atoms with Gasteiger partial charge >= 0.3 is 5.69 Å². The maximum Gasteiger partial charge on any atom is 0.346 e. The highest BCUT2D eigenvalue weighted by molar-refractivity contribution is 5.75. The summed E-state index contributed by atoms with van der Waals surface area (Å²) >= 11 is 0. The highest BCUT2D eigenvalue weighted by Crippen LogP contribution is 2.10. The average molecular weight is 310 g/mol. The number of hydrogen-bond donors (Lipinski definition) is 2. The molecule has 0 spiro atoms. The first-order valence-electron chi connectivity index (χ1n) is 8.08. The number of fused-ring (bicyclic) bond motifs is 1. The summed E-state index contributed by atoms with van der Waals surface area (Å²) in [5, 5.41) is 16.4. The SMILES string of the molecule is CC(C)CC(CO)NC(=O)Cn1nc2n(c1=O)CCCCC2. The fourth-order valence-electron chi connectivity index (χ4n) is 2.89. The Kier molecular flexibility index (Phi) is 5.76. The lowest BCUT2D eigenvalue weighted by Gasteiger charge is -2.18. The fraction of sp³-hybridized carbons (Fsp3) is 0.800. The third-order valence-corrected chi connectivity index (χ3v) is 3.92. The van der Waals surface area contributed by atoms with Gasteiger partial charge < -0.3 is 10.4 Å². The molecule has 1 aromatic heterocycles. The molecular weight excluding hydrogens is 284 g/mol. The third kappa shape index (κ3) is 4.19. The summed E-state index contributed by atoms with van der Waals surface area (Å²) in [6, 6.07) is -0.274. The predicted octanol–water partition coefficient (Wildman–Crippen LogP) is 0.294. The van der Waals surface area contributed by atoms with E-state index in [9.17, 15) is 14.7 Å². The van der Waals surface area contributed by atoms with Crippen LogP contribution in [0.5, 0.6) is 0 Å². The highest BCUT2D eigenvalue weighted by Gasteiger charge is 2.19. The molecule has 0 aliphatic carbocycles. The third-order valence-electron chi connectivity index (χ3n) is 3.92. The molecule has 0 bridgehead atoms. The van der Waals surface area contributed by atoms with Crippen molar-refractivity contribution in [2.75, 3.05) is 6.61 Å². The Bertz CT molecular complexity index is 562. The van der Waals surface area contributed by atoms with Crippen LogP contribution in [0.3, 0.4) is 0 Å². The van der Waals surface area contributed by atoms with E-state index in [-0.39, 0.29) is 30.8 Å². The summed E-state index contributed by atoms with van der Waals surface area (Å²) in [5.74, 6) is 0.870. The quantitative estimate of drug-likeness (QED) is 0.790. The number of aryl methyl sites for hydroxylation is 1. The van der Waals surface area contributed by atoms with Crippen molar-refractivity contribution in [2.45, 2.75) is 65.1 Å². The molecule has 0 radical (unpaired) electrons. The number of carbonyl (C=O) groups excluding carboxylic acids is 1. The minimum atomic E-state index is -0.282. The number of carbonyl (C=O) groups is 1. The van der Waals surface area contributed by atoms with Gasteiger partial charge in [-0.2, -0.15) is 5.10 Å². The van der Waals surface area contributed by atoms with Gasteiger partial charge in [0.25, 0.3) is 0 Å². The van der Waals surface area contributed by atoms with Crippen molar-refractivity contribution in [3.05, 3.63) is 16.3 Å². The van der Waals surface area contributed by atoms with Crippen LogP contribution in [0.1, 0.15) is 45.4 Å². The van der Waals surface area contributed by atoms with Gasteiger partial charge in [-0.1, -0.05) is 20.3 Å². The van der Waals surface area contributed by atoms with Gasteiger partial charge in [0, 0.05) is 13.0 Å². The summed E-state index contributed by atoms with van der Waals surface area (Å²) in [5.41, 5.74) is -0.212. The minimum absolute atomic E-state index is 0.0899. The number of aromatic nitrogens is 3. The number of aliphatic hydroxyl groups excluding tert-OH is 1. The van der Waals surface area contributed by atoms with E-state index in [0.29, 0.717) is 18.9 Å². The molecule has 7 nitrogen and oxygen atoms in total. The second-order valence-electron chi connectivity index (χ2n) is 6.40. The second-order valence-corrected chi connectivity index (χ2v) is 6.40. The monoisotopic (exact) mass is 310 g/mol. The van der Waals surface area contributed by atoms with Crippen LogP contribution < -0.4 is 11.0 Å². The normalized spacial score (nSPS) is 16.2. The van der Waals surface area contributed by atoms with E-state index in [1.807, 2.05) is 13.8 Å². The zero-order valence-electron chi connectivity index (χ0n) is 13.4. The molecule has 2 N–H and O–H groups in total. The molecule has 1 aliphatic heterocycles. The van der Waals surface area contributed by atoms with Crippen molar-refractivity contribution < 1.29 is 9.90 Å². The standard InChI is InChI=1S/C15H26N4O3/c1-11(2)8-12(10-20)16-14(21)9-19-15(22)18-7-5-3-4-6-13(18)17-19/h11-12,20H,3-10H2,1-2H3,(H,16,21). The molecule has 0 saturated heterocycles. The van der Waals surface area contributed by atoms with Gasteiger partial charge in [-0.15, -0.1) is 0 Å². The Morgan fingerprint density at radius 3 is 2.82 bits per heavy atom. The van der Waals surface area contributed by atoms with Gasteiger partial charge in [0.1, 0.15) is 12.4 Å². The van der Waals surface area contributed by atoms with Crippen LogP contribution in [0.25, 0.3) is 0 Å². The first-order chi connectivity index (χ1) is 10.5. The van der Waals surface area contributed by atoms with E-state index in [2.05, 4.69) is 10.4 Å². The lowest BCUT2D eigenvalue weighted by Crippen LogP contribution is -2.41. The molecule has 2 rings (SSSR count). The van der Waals surface area contributed by atoms with Crippen molar-refractivity contribution in [3.63, 3.8) is 0 Å². The fourth-order valence-corrected chi connectivity index (χ4v) is 2.89. The largest absolute Gasteiger partial charge is 0.394 e. The topological polar surface area (TPSA) is 89.2 Å². The second kappa shape index (κ2) is 7.58. The van der Waals surface area contributed by atoms with Gasteiger partial charge in [-0.05, 0) is 25.2 Å². The number of rotatable bonds is 6. The van der Waals surface area contributed by atoms with Crippen molar-refractivity contribution >= 4 is 5.91 Å². The number of amides is 1. The lowest BCUT2D eigenvalue weighted by molar-refractivity contribution is -0.123. The van der Waals surface area contributed by atoms with E-state index < -0.39 is 0 Å². The molecule has 22 heavy (non-hydrogen) atoms. The van der Waals surface area contributed by atoms with E-state index in [1.54, 1.807) is 4.57 Å². The van der Waals surface area contributed by atoms with Gasteiger partial charge in [0.15, 0.2) is 0 Å². The van der Waals surface area contributed by atoms with Crippen LogP contribution in [0.2, 0.25) is 0 Å². The first kappa shape index (κ1) is 16.7. The molecule has 1 aliphatic rings. The van der Waals surface area contributed by atoms with Crippen molar-refractivity contribution in [1.82, 2.24) is 19.7 Å². The summed E-state index contributed by atoms with van der Waals surface area (Å²) in [6.45, 7) is 4.56. The molecule has 0 aromatic carbocycles. The summed E-state index contributed by atoms with van der Waals surface area (Å²) in [7, 11) is 0. The average Bonchev–Trinajstić information content (AvgIpc) is 2.65. The van der Waals surface area contributed by atoms with Crippen LogP contribution in [0.15, 0.2) is 4.79 Å². The van der Waals surface area contributed by atoms with E-state index in [4.69, 9.17) is 0 Å². The first-order valence-corrected chi connectivity index (χ1v) is 8.08. The molecule has 1 amide bonds. The molecule has 124 valence electrons. The number of nitrogens with zero attached hydrogens (tertiary/aromatic N) is 3. The van der Waals surface area contributed by atoms with Crippen LogP contribution in [-0.2, 0) is 24.3 Å². The molecular formula is C15H26N4O3. The maximum absolute atomic E-state index is 12.3. The van der Waals surface area contributed by atoms with Crippen molar-refractivity contribution in [2.24, 2.45) is 5.92 Å². The molecule has 7 heteroatoms. The van der Waals surface area contributed by atoms with Crippen LogP contribution in [0, 0.1) is 5.92 Å². The predicted molar refractivity (Wildman–Crippen MR) is 82.5 cm³/mol. The maximum atomic E-state index is 12.3. The van der Waals surface area contributed by atoms with Gasteiger partial charge in [-0.3, -0.25) is 9.36 Å². The Morgan fingerprint density at radius 2 is 2.14 bits per heavy atom. The van der Waals surface area contributed by atoms with E-state index in [0.717, 1.165) is 31.5 Å². The molecule has 2 heterocycles.